The van der Waals surface area contributed by atoms with Gasteiger partial charge >= 0.3 is 11.9 Å². The number of nitro benzene ring substituents is 4. The summed E-state index contributed by atoms with van der Waals surface area (Å²) >= 11 is 1.48. The van der Waals surface area contributed by atoms with Gasteiger partial charge in [-0.05, 0) is 23.5 Å². The number of nitrogens with zero attached hydrogens (tertiary/aromatic N) is 6. The summed E-state index contributed by atoms with van der Waals surface area (Å²) in [7, 11) is 0. The Labute approximate surface area is 213 Å². The number of aromatic carboxylic acids is 2. The maximum atomic E-state index is 11.6. The van der Waals surface area contributed by atoms with Crippen LogP contribution >= 0.6 is 34.9 Å². The van der Waals surface area contributed by atoms with Crippen molar-refractivity contribution in [2.45, 2.75) is 18.5 Å². The Hall–Kier alpha value is -4.76. The molecule has 0 aliphatic heterocycles. The summed E-state index contributed by atoms with van der Waals surface area (Å²) in [6.45, 7) is 0. The second-order valence-corrected chi connectivity index (χ2v) is 9.85. The smallest absolute Gasteiger partial charge is 0.337 e. The quantitative estimate of drug-likeness (QED) is 0.258. The van der Waals surface area contributed by atoms with E-state index in [-0.39, 0.29) is 8.68 Å². The molecule has 0 aliphatic rings. The van der Waals surface area contributed by atoms with Gasteiger partial charge in [0.1, 0.15) is 9.79 Å². The zero-order valence-corrected chi connectivity index (χ0v) is 19.6. The van der Waals surface area contributed by atoms with Gasteiger partial charge in [0.15, 0.2) is 8.68 Å². The third-order valence-electron chi connectivity index (χ3n) is 4.15. The van der Waals surface area contributed by atoms with Gasteiger partial charge in [0.05, 0.1) is 43.0 Å². The van der Waals surface area contributed by atoms with E-state index >= 15 is 0 Å². The Kier molecular flexibility index (Phi) is 7.59. The largest absolute Gasteiger partial charge is 0.478 e. The van der Waals surface area contributed by atoms with E-state index in [9.17, 15) is 60.3 Å². The fourth-order valence-electron chi connectivity index (χ4n) is 2.67. The van der Waals surface area contributed by atoms with Crippen molar-refractivity contribution >= 4 is 69.5 Å². The van der Waals surface area contributed by atoms with E-state index < -0.39 is 75.3 Å². The summed E-state index contributed by atoms with van der Waals surface area (Å²) in [6.07, 6.45) is 0. The highest BCUT2D eigenvalue weighted by Gasteiger charge is 2.31. The van der Waals surface area contributed by atoms with E-state index in [2.05, 4.69) is 10.2 Å². The Balaban J connectivity index is 2.06. The first kappa shape index (κ1) is 26.8. The number of nitro groups is 4. The predicted octanol–water partition coefficient (Wildman–Crippen LogP) is 3.87. The van der Waals surface area contributed by atoms with Crippen LogP contribution < -0.4 is 0 Å². The molecule has 190 valence electrons. The van der Waals surface area contributed by atoms with Crippen molar-refractivity contribution in [3.05, 3.63) is 75.8 Å². The van der Waals surface area contributed by atoms with Crippen molar-refractivity contribution in [1.82, 2.24) is 10.2 Å². The average molecular weight is 570 g/mol. The number of aromatic nitrogens is 2. The van der Waals surface area contributed by atoms with E-state index in [0.717, 1.165) is 0 Å². The minimum atomic E-state index is -1.71. The fraction of sp³-hybridized carbons (Fsp3) is 0. The normalized spacial score (nSPS) is 10.6. The van der Waals surface area contributed by atoms with E-state index in [4.69, 9.17) is 0 Å². The van der Waals surface area contributed by atoms with Crippen LogP contribution in [0.25, 0.3) is 0 Å². The Morgan fingerprint density at radius 1 is 0.676 bits per heavy atom. The molecule has 3 rings (SSSR count). The third kappa shape index (κ3) is 5.74. The second kappa shape index (κ2) is 10.5. The van der Waals surface area contributed by atoms with Crippen LogP contribution in [0.15, 0.2) is 42.7 Å². The molecule has 0 saturated heterocycles. The SMILES string of the molecule is O=C(O)c1cc([N+](=O)[O-])cc([N+](=O)[O-])c1Sc1nnc(Sc2c(C(=O)O)cc([N+](=O)[O-])cc2[N+](=O)[O-])s1. The molecule has 2 N–H and O–H groups in total. The van der Waals surface area contributed by atoms with Crippen LogP contribution in [0.5, 0.6) is 0 Å². The number of hydrogen-bond acceptors (Lipinski definition) is 15. The monoisotopic (exact) mass is 570 g/mol. The summed E-state index contributed by atoms with van der Waals surface area (Å²) in [4.78, 5) is 63.1. The molecule has 0 radical (unpaired) electrons. The molecular weight excluding hydrogens is 564 g/mol. The van der Waals surface area contributed by atoms with Crippen molar-refractivity contribution in [3.8, 4) is 0 Å². The van der Waals surface area contributed by atoms with Crippen molar-refractivity contribution in [2.75, 3.05) is 0 Å². The molecule has 2 aromatic carbocycles. The summed E-state index contributed by atoms with van der Waals surface area (Å²) in [5, 5.41) is 71.2. The molecule has 18 nitrogen and oxygen atoms in total. The maximum Gasteiger partial charge on any atom is 0.337 e. The third-order valence-corrected chi connectivity index (χ3v) is 7.44. The molecule has 21 heteroatoms. The van der Waals surface area contributed by atoms with E-state index in [1.807, 2.05) is 0 Å². The van der Waals surface area contributed by atoms with Gasteiger partial charge in [0.25, 0.3) is 22.7 Å². The van der Waals surface area contributed by atoms with Gasteiger partial charge in [0.2, 0.25) is 0 Å². The molecule has 3 aromatic rings. The van der Waals surface area contributed by atoms with Gasteiger partial charge < -0.3 is 10.2 Å². The first-order valence-electron chi connectivity index (χ1n) is 8.89. The van der Waals surface area contributed by atoms with Crippen molar-refractivity contribution in [3.63, 3.8) is 0 Å². The number of carbonyl (C=O) groups is 2. The van der Waals surface area contributed by atoms with Crippen LogP contribution in [-0.2, 0) is 0 Å². The van der Waals surface area contributed by atoms with Gasteiger partial charge in [-0.1, -0.05) is 11.3 Å². The Morgan fingerprint density at radius 2 is 1.03 bits per heavy atom. The highest BCUT2D eigenvalue weighted by molar-refractivity contribution is 8.03. The standard InChI is InChI=1S/C16H6N6O12S3/c23-13(24)7-1-5(19(27)28)3-9(21(31)32)11(7)35-15-17-18-16(37-15)36-12-8(14(25)26)2-6(20(29)30)4-10(12)22(33)34/h1-4H,(H,23,24)(H,25,26). The van der Waals surface area contributed by atoms with Crippen LogP contribution in [-0.4, -0.2) is 52.0 Å². The minimum absolute atomic E-state index is 0.136. The molecule has 0 unspecified atom stereocenters. The highest BCUT2D eigenvalue weighted by Crippen LogP contribution is 2.45. The molecule has 0 saturated carbocycles. The maximum absolute atomic E-state index is 11.6. The second-order valence-electron chi connectivity index (χ2n) is 6.36. The van der Waals surface area contributed by atoms with Crippen molar-refractivity contribution in [2.24, 2.45) is 0 Å². The molecule has 0 amide bonds. The number of non-ortho nitro benzene ring substituents is 2. The topological polar surface area (TPSA) is 273 Å². The van der Waals surface area contributed by atoms with E-state index in [1.54, 1.807) is 0 Å². The van der Waals surface area contributed by atoms with Gasteiger partial charge in [-0.3, -0.25) is 40.5 Å². The lowest BCUT2D eigenvalue weighted by atomic mass is 10.1. The zero-order valence-electron chi connectivity index (χ0n) is 17.2. The van der Waals surface area contributed by atoms with Gasteiger partial charge in [-0.25, -0.2) is 9.59 Å². The molecule has 0 bridgehead atoms. The van der Waals surface area contributed by atoms with Gasteiger partial charge in [-0.15, -0.1) is 10.2 Å². The Bertz CT molecular complexity index is 1340. The molecule has 0 aliphatic carbocycles. The lowest BCUT2D eigenvalue weighted by Crippen LogP contribution is -2.04. The molecule has 0 fully saturated rings. The van der Waals surface area contributed by atoms with Gasteiger partial charge in [0, 0.05) is 12.1 Å². The summed E-state index contributed by atoms with van der Waals surface area (Å²) in [6, 6.07) is 2.36. The number of rotatable bonds is 10. The summed E-state index contributed by atoms with van der Waals surface area (Å²) in [5.74, 6) is -3.41. The number of benzene rings is 2. The van der Waals surface area contributed by atoms with E-state index in [0.29, 0.717) is 59.1 Å². The fourth-order valence-corrected chi connectivity index (χ4v) is 5.94. The van der Waals surface area contributed by atoms with E-state index in [1.165, 1.54) is 0 Å². The first-order chi connectivity index (χ1) is 17.3. The van der Waals surface area contributed by atoms with Crippen LogP contribution in [0.3, 0.4) is 0 Å². The number of hydrogen-bond donors (Lipinski definition) is 2. The molecule has 1 heterocycles. The van der Waals surface area contributed by atoms with Crippen LogP contribution in [0, 0.1) is 40.5 Å². The summed E-state index contributed by atoms with van der Waals surface area (Å²) < 4.78 is -0.271. The van der Waals surface area contributed by atoms with Crippen LogP contribution in [0.2, 0.25) is 0 Å². The minimum Gasteiger partial charge on any atom is -0.478 e. The molecular formula is C16H6N6O12S3. The van der Waals surface area contributed by atoms with Crippen LogP contribution in [0.1, 0.15) is 20.7 Å². The van der Waals surface area contributed by atoms with Crippen LogP contribution in [0.4, 0.5) is 22.7 Å². The highest BCUT2D eigenvalue weighted by atomic mass is 32.2. The molecule has 0 spiro atoms. The zero-order chi connectivity index (χ0) is 27.6. The lowest BCUT2D eigenvalue weighted by molar-refractivity contribution is -0.396. The molecule has 37 heavy (non-hydrogen) atoms. The predicted molar refractivity (Wildman–Crippen MR) is 122 cm³/mol. The number of carboxylic acid groups (broad SMARTS) is 2. The van der Waals surface area contributed by atoms with Crippen molar-refractivity contribution in [1.29, 1.82) is 0 Å². The van der Waals surface area contributed by atoms with Crippen molar-refractivity contribution < 1.29 is 39.5 Å². The Morgan fingerprint density at radius 3 is 1.30 bits per heavy atom. The molecule has 1 aromatic heterocycles. The number of carboxylic acids is 2. The first-order valence-corrected chi connectivity index (χ1v) is 11.3. The lowest BCUT2D eigenvalue weighted by Gasteiger charge is -2.05. The molecule has 0 atom stereocenters. The summed E-state index contributed by atoms with van der Waals surface area (Å²) in [5.41, 5.74) is -5.02. The van der Waals surface area contributed by atoms with Gasteiger partial charge in [-0.2, -0.15) is 0 Å². The average Bonchev–Trinajstić information content (AvgIpc) is 3.24.